The lowest BCUT2D eigenvalue weighted by Crippen LogP contribution is -2.30. The number of halogens is 1. The highest BCUT2D eigenvalue weighted by Gasteiger charge is 2.28. The fourth-order valence-corrected chi connectivity index (χ4v) is 5.06. The Balaban J connectivity index is 2.28. The van der Waals surface area contributed by atoms with Gasteiger partial charge in [0.05, 0.1) is 0 Å². The first-order valence-electron chi connectivity index (χ1n) is 6.77. The summed E-state index contributed by atoms with van der Waals surface area (Å²) in [6.45, 7) is 0.225. The van der Waals surface area contributed by atoms with Crippen LogP contribution < -0.4 is 0 Å². The maximum atomic E-state index is 12.6. The van der Waals surface area contributed by atoms with Crippen LogP contribution in [-0.2, 0) is 25.5 Å². The van der Waals surface area contributed by atoms with Gasteiger partial charge in [0.25, 0.3) is 9.05 Å². The number of hydrogen-bond donors (Lipinski definition) is 0. The van der Waals surface area contributed by atoms with Crippen molar-refractivity contribution in [2.24, 2.45) is 0 Å². The molecule has 0 heterocycles. The minimum absolute atomic E-state index is 0.225. The Bertz CT molecular complexity index is 881. The van der Waals surface area contributed by atoms with E-state index in [-0.39, 0.29) is 11.4 Å². The second-order valence-corrected chi connectivity index (χ2v) is 9.49. The maximum Gasteiger partial charge on any atom is 0.262 e. The van der Waals surface area contributed by atoms with Gasteiger partial charge < -0.3 is 0 Å². The van der Waals surface area contributed by atoms with E-state index in [9.17, 15) is 16.8 Å². The van der Waals surface area contributed by atoms with Gasteiger partial charge in [-0.1, -0.05) is 42.5 Å². The van der Waals surface area contributed by atoms with E-state index in [4.69, 9.17) is 10.7 Å². The van der Waals surface area contributed by atoms with Crippen molar-refractivity contribution in [1.29, 1.82) is 0 Å². The molecular formula is C15H16ClNO4S2. The molecule has 5 nitrogen and oxygen atoms in total. The Morgan fingerprint density at radius 3 is 1.96 bits per heavy atom. The minimum atomic E-state index is -4.15. The van der Waals surface area contributed by atoms with E-state index in [0.717, 1.165) is 9.87 Å². The summed E-state index contributed by atoms with van der Waals surface area (Å²) in [5.74, 6) is 0. The molecule has 0 saturated heterocycles. The summed E-state index contributed by atoms with van der Waals surface area (Å²) >= 11 is 0. The monoisotopic (exact) mass is 373 g/mol. The molecule has 0 aromatic heterocycles. The van der Waals surface area contributed by atoms with E-state index in [1.165, 1.54) is 31.3 Å². The van der Waals surface area contributed by atoms with Gasteiger partial charge in [-0.2, -0.15) is 0 Å². The van der Waals surface area contributed by atoms with Gasteiger partial charge >= 0.3 is 0 Å². The average molecular weight is 374 g/mol. The highest BCUT2D eigenvalue weighted by atomic mass is 35.7. The lowest BCUT2D eigenvalue weighted by Gasteiger charge is -2.18. The molecule has 8 heteroatoms. The van der Waals surface area contributed by atoms with Crippen molar-refractivity contribution in [1.82, 2.24) is 4.31 Å². The lowest BCUT2D eigenvalue weighted by atomic mass is 10.2. The van der Waals surface area contributed by atoms with Crippen molar-refractivity contribution in [3.8, 4) is 0 Å². The Labute approximate surface area is 141 Å². The third-order valence-corrected chi connectivity index (χ3v) is 6.78. The van der Waals surface area contributed by atoms with E-state index in [0.29, 0.717) is 6.42 Å². The van der Waals surface area contributed by atoms with Crippen LogP contribution in [0.4, 0.5) is 0 Å². The Hall–Kier alpha value is -1.41. The number of hydrogen-bond acceptors (Lipinski definition) is 4. The number of sulfonamides is 1. The summed E-state index contributed by atoms with van der Waals surface area (Å²) in [5.41, 5.74) is 0.993. The van der Waals surface area contributed by atoms with E-state index in [1.807, 2.05) is 30.3 Å². The topological polar surface area (TPSA) is 71.5 Å². The van der Waals surface area contributed by atoms with Gasteiger partial charge in [-0.3, -0.25) is 0 Å². The third-order valence-electron chi connectivity index (χ3n) is 3.36. The molecule has 0 atom stereocenters. The molecule has 0 radical (unpaired) electrons. The summed E-state index contributed by atoms with van der Waals surface area (Å²) in [6.07, 6.45) is 0.520. The molecule has 2 aromatic carbocycles. The van der Waals surface area contributed by atoms with Gasteiger partial charge in [0.15, 0.2) is 0 Å². The normalized spacial score (nSPS) is 12.5. The average Bonchev–Trinajstić information content (AvgIpc) is 2.52. The van der Waals surface area contributed by atoms with Crippen molar-refractivity contribution in [3.63, 3.8) is 0 Å². The SMILES string of the molecule is CN(CCc1ccccc1)S(=O)(=O)c1ccccc1S(=O)(=O)Cl. The molecular weight excluding hydrogens is 358 g/mol. The molecule has 0 fully saturated rings. The van der Waals surface area contributed by atoms with Gasteiger partial charge in [0.1, 0.15) is 9.79 Å². The molecule has 2 rings (SSSR count). The standard InChI is InChI=1S/C15H16ClNO4S2/c1-17(12-11-13-7-3-2-4-8-13)23(20,21)15-10-6-5-9-14(15)22(16,18)19/h2-10H,11-12H2,1H3. The maximum absolute atomic E-state index is 12.6. The largest absolute Gasteiger partial charge is 0.262 e. The van der Waals surface area contributed by atoms with Crippen LogP contribution >= 0.6 is 10.7 Å². The summed E-state index contributed by atoms with van der Waals surface area (Å²) in [4.78, 5) is -0.723. The molecule has 124 valence electrons. The Morgan fingerprint density at radius 1 is 0.870 bits per heavy atom. The van der Waals surface area contributed by atoms with Crippen molar-refractivity contribution in [2.45, 2.75) is 16.2 Å². The van der Waals surface area contributed by atoms with Crippen LogP contribution in [0.1, 0.15) is 5.56 Å². The molecule has 0 amide bonds. The smallest absolute Gasteiger partial charge is 0.207 e. The highest BCUT2D eigenvalue weighted by Crippen LogP contribution is 2.26. The van der Waals surface area contributed by atoms with Crippen molar-refractivity contribution in [3.05, 3.63) is 60.2 Å². The first-order valence-corrected chi connectivity index (χ1v) is 10.5. The zero-order valence-corrected chi connectivity index (χ0v) is 14.8. The zero-order chi connectivity index (χ0) is 17.1. The molecule has 0 unspecified atom stereocenters. The molecule has 0 spiro atoms. The van der Waals surface area contributed by atoms with E-state index >= 15 is 0 Å². The molecule has 0 aliphatic heterocycles. The van der Waals surface area contributed by atoms with Gasteiger partial charge in [-0.25, -0.2) is 21.1 Å². The molecule has 0 N–H and O–H groups in total. The quantitative estimate of drug-likeness (QED) is 0.729. The van der Waals surface area contributed by atoms with E-state index in [1.54, 1.807) is 0 Å². The highest BCUT2D eigenvalue weighted by molar-refractivity contribution is 8.14. The third kappa shape index (κ3) is 4.32. The Kier molecular flexibility index (Phi) is 5.46. The van der Waals surface area contributed by atoms with Crippen LogP contribution in [0.2, 0.25) is 0 Å². The van der Waals surface area contributed by atoms with Gasteiger partial charge in [-0.05, 0) is 24.1 Å². The molecule has 0 aliphatic carbocycles. The first-order chi connectivity index (χ1) is 10.7. The molecule has 2 aromatic rings. The van der Waals surface area contributed by atoms with Crippen LogP contribution in [0.3, 0.4) is 0 Å². The summed E-state index contributed by atoms with van der Waals surface area (Å²) in [7, 11) is -1.35. The summed E-state index contributed by atoms with van der Waals surface area (Å²) in [5, 5.41) is 0. The van der Waals surface area contributed by atoms with Gasteiger partial charge in [0.2, 0.25) is 10.0 Å². The van der Waals surface area contributed by atoms with Crippen LogP contribution in [-0.4, -0.2) is 34.7 Å². The summed E-state index contributed by atoms with van der Waals surface area (Å²) in [6, 6.07) is 14.7. The van der Waals surface area contributed by atoms with E-state index < -0.39 is 24.0 Å². The predicted molar refractivity (Wildman–Crippen MR) is 89.4 cm³/mol. The summed E-state index contributed by atoms with van der Waals surface area (Å²) < 4.78 is 49.5. The molecule has 23 heavy (non-hydrogen) atoms. The zero-order valence-electron chi connectivity index (χ0n) is 12.4. The number of benzene rings is 2. The lowest BCUT2D eigenvalue weighted by molar-refractivity contribution is 0.470. The number of nitrogens with zero attached hydrogens (tertiary/aromatic N) is 1. The van der Waals surface area contributed by atoms with Gasteiger partial charge in [0, 0.05) is 24.3 Å². The predicted octanol–water partition coefficient (Wildman–Crippen LogP) is 2.48. The number of rotatable bonds is 6. The first kappa shape index (κ1) is 17.9. The van der Waals surface area contributed by atoms with Gasteiger partial charge in [-0.15, -0.1) is 0 Å². The van der Waals surface area contributed by atoms with Crippen LogP contribution in [0.5, 0.6) is 0 Å². The fourth-order valence-electron chi connectivity index (χ4n) is 2.08. The van der Waals surface area contributed by atoms with Crippen molar-refractivity contribution < 1.29 is 16.8 Å². The second-order valence-electron chi connectivity index (χ2n) is 4.95. The fraction of sp³-hybridized carbons (Fsp3) is 0.200. The molecule has 0 bridgehead atoms. The van der Waals surface area contributed by atoms with Crippen molar-refractivity contribution >= 4 is 29.8 Å². The van der Waals surface area contributed by atoms with Crippen molar-refractivity contribution in [2.75, 3.05) is 13.6 Å². The van der Waals surface area contributed by atoms with E-state index in [2.05, 4.69) is 0 Å². The molecule has 0 saturated carbocycles. The van der Waals surface area contributed by atoms with Crippen LogP contribution in [0.25, 0.3) is 0 Å². The molecule has 0 aliphatic rings. The number of likely N-dealkylation sites (N-methyl/N-ethyl adjacent to an activating group) is 1. The van der Waals surface area contributed by atoms with Crippen LogP contribution in [0.15, 0.2) is 64.4 Å². The van der Waals surface area contributed by atoms with Crippen LogP contribution in [0, 0.1) is 0 Å². The minimum Gasteiger partial charge on any atom is -0.207 e. The second kappa shape index (κ2) is 7.00. The Morgan fingerprint density at radius 2 is 1.39 bits per heavy atom.